The van der Waals surface area contributed by atoms with Crippen molar-refractivity contribution in [2.75, 3.05) is 0 Å². The first-order valence-electron chi connectivity index (χ1n) is 4.89. The van der Waals surface area contributed by atoms with Crippen LogP contribution in [-0.2, 0) is 6.42 Å². The van der Waals surface area contributed by atoms with Crippen LogP contribution in [0, 0.1) is 5.92 Å². The number of rotatable bonds is 5. The average Bonchev–Trinajstić information content (AvgIpc) is 2.51. The Morgan fingerprint density at radius 2 is 2.23 bits per heavy atom. The predicted molar refractivity (Wildman–Crippen MR) is 58.1 cm³/mol. The number of aliphatic hydroxyl groups is 1. The van der Waals surface area contributed by atoms with Crippen molar-refractivity contribution in [3.05, 3.63) is 22.4 Å². The molecule has 1 aromatic heterocycles. The van der Waals surface area contributed by atoms with Gasteiger partial charge in [0.05, 0.1) is 6.10 Å². The highest BCUT2D eigenvalue weighted by Crippen LogP contribution is 2.17. The molecule has 0 radical (unpaired) electrons. The van der Waals surface area contributed by atoms with Crippen molar-refractivity contribution in [2.24, 2.45) is 5.92 Å². The molecule has 0 aliphatic carbocycles. The van der Waals surface area contributed by atoms with E-state index in [2.05, 4.69) is 24.4 Å². The summed E-state index contributed by atoms with van der Waals surface area (Å²) >= 11 is 1.82. The minimum atomic E-state index is -0.154. The van der Waals surface area contributed by atoms with Gasteiger partial charge < -0.3 is 5.11 Å². The van der Waals surface area contributed by atoms with Gasteiger partial charge in [-0.15, -0.1) is 11.3 Å². The molecule has 1 N–H and O–H groups in total. The average molecular weight is 198 g/mol. The van der Waals surface area contributed by atoms with Gasteiger partial charge in [0.1, 0.15) is 0 Å². The van der Waals surface area contributed by atoms with Crippen molar-refractivity contribution in [1.82, 2.24) is 0 Å². The molecule has 0 saturated heterocycles. The Labute approximate surface area is 84.4 Å². The Morgan fingerprint density at radius 3 is 2.77 bits per heavy atom. The van der Waals surface area contributed by atoms with Crippen LogP contribution in [0.2, 0.25) is 0 Å². The monoisotopic (exact) mass is 198 g/mol. The fraction of sp³-hybridized carbons (Fsp3) is 0.636. The van der Waals surface area contributed by atoms with E-state index in [0.29, 0.717) is 5.92 Å². The third-order valence-corrected chi connectivity index (χ3v) is 3.14. The van der Waals surface area contributed by atoms with Gasteiger partial charge in [-0.05, 0) is 43.6 Å². The summed E-state index contributed by atoms with van der Waals surface area (Å²) in [6.07, 6.45) is 3.11. The second kappa shape index (κ2) is 5.40. The van der Waals surface area contributed by atoms with Crippen LogP contribution < -0.4 is 0 Å². The first kappa shape index (κ1) is 10.7. The van der Waals surface area contributed by atoms with Crippen LogP contribution in [0.3, 0.4) is 0 Å². The minimum absolute atomic E-state index is 0.154. The summed E-state index contributed by atoms with van der Waals surface area (Å²) < 4.78 is 0. The Hall–Kier alpha value is -0.340. The van der Waals surface area contributed by atoms with Crippen LogP contribution in [0.1, 0.15) is 31.6 Å². The normalized spacial score (nSPS) is 15.6. The zero-order valence-electron chi connectivity index (χ0n) is 8.36. The lowest BCUT2D eigenvalue weighted by Crippen LogP contribution is -2.07. The molecule has 0 fully saturated rings. The van der Waals surface area contributed by atoms with Crippen LogP contribution >= 0.6 is 11.3 Å². The lowest BCUT2D eigenvalue weighted by atomic mass is 9.99. The topological polar surface area (TPSA) is 20.2 Å². The molecule has 1 aromatic rings. The molecule has 0 aliphatic heterocycles. The molecule has 74 valence electrons. The van der Waals surface area contributed by atoms with Gasteiger partial charge in [0.25, 0.3) is 0 Å². The van der Waals surface area contributed by atoms with Gasteiger partial charge in [0.2, 0.25) is 0 Å². The maximum absolute atomic E-state index is 9.18. The summed E-state index contributed by atoms with van der Waals surface area (Å²) in [5, 5.41) is 11.3. The Kier molecular flexibility index (Phi) is 4.46. The lowest BCUT2D eigenvalue weighted by molar-refractivity contribution is 0.162. The maximum Gasteiger partial charge on any atom is 0.0514 e. The first-order chi connectivity index (χ1) is 6.18. The fourth-order valence-corrected chi connectivity index (χ4v) is 2.27. The van der Waals surface area contributed by atoms with Crippen molar-refractivity contribution in [2.45, 2.75) is 39.2 Å². The van der Waals surface area contributed by atoms with Gasteiger partial charge in [-0.3, -0.25) is 0 Å². The van der Waals surface area contributed by atoms with E-state index in [0.717, 1.165) is 12.8 Å². The predicted octanol–water partition coefficient (Wildman–Crippen LogP) is 3.09. The summed E-state index contributed by atoms with van der Waals surface area (Å²) in [7, 11) is 0. The van der Waals surface area contributed by atoms with Crippen molar-refractivity contribution in [1.29, 1.82) is 0 Å². The van der Waals surface area contributed by atoms with Gasteiger partial charge >= 0.3 is 0 Å². The molecule has 2 atom stereocenters. The van der Waals surface area contributed by atoms with Crippen molar-refractivity contribution in [3.63, 3.8) is 0 Å². The Balaban J connectivity index is 2.19. The van der Waals surface area contributed by atoms with E-state index < -0.39 is 0 Å². The molecule has 2 unspecified atom stereocenters. The maximum atomic E-state index is 9.18. The molecule has 0 aliphatic rings. The summed E-state index contributed by atoms with van der Waals surface area (Å²) in [6.45, 7) is 4.07. The largest absolute Gasteiger partial charge is 0.393 e. The van der Waals surface area contributed by atoms with Crippen molar-refractivity contribution in [3.8, 4) is 0 Å². The standard InChI is InChI=1S/C11H18OS/c1-9(8-10(2)12)5-6-11-4-3-7-13-11/h3-4,7,9-10,12H,5-6,8H2,1-2H3. The van der Waals surface area contributed by atoms with Crippen LogP contribution in [-0.4, -0.2) is 11.2 Å². The second-order valence-electron chi connectivity index (χ2n) is 3.81. The molecule has 1 nitrogen and oxygen atoms in total. The third-order valence-electron chi connectivity index (χ3n) is 2.21. The number of hydrogen-bond acceptors (Lipinski definition) is 2. The second-order valence-corrected chi connectivity index (χ2v) is 4.84. The van der Waals surface area contributed by atoms with Gasteiger partial charge in [-0.2, -0.15) is 0 Å². The van der Waals surface area contributed by atoms with E-state index in [1.165, 1.54) is 11.3 Å². The zero-order chi connectivity index (χ0) is 9.68. The zero-order valence-corrected chi connectivity index (χ0v) is 9.18. The van der Waals surface area contributed by atoms with E-state index >= 15 is 0 Å². The molecule has 0 aromatic carbocycles. The summed E-state index contributed by atoms with van der Waals surface area (Å²) in [5.41, 5.74) is 0. The van der Waals surface area contributed by atoms with Gasteiger partial charge in [-0.1, -0.05) is 13.0 Å². The lowest BCUT2D eigenvalue weighted by Gasteiger charge is -2.12. The molecule has 0 amide bonds. The number of thiophene rings is 1. The quantitative estimate of drug-likeness (QED) is 0.771. The highest BCUT2D eigenvalue weighted by Gasteiger charge is 2.06. The van der Waals surface area contributed by atoms with Gasteiger partial charge in [-0.25, -0.2) is 0 Å². The Morgan fingerprint density at radius 1 is 1.46 bits per heavy atom. The van der Waals surface area contributed by atoms with Crippen molar-refractivity contribution >= 4 is 11.3 Å². The summed E-state index contributed by atoms with van der Waals surface area (Å²) in [5.74, 6) is 0.627. The first-order valence-corrected chi connectivity index (χ1v) is 5.77. The smallest absolute Gasteiger partial charge is 0.0514 e. The number of hydrogen-bond donors (Lipinski definition) is 1. The van der Waals surface area contributed by atoms with E-state index in [4.69, 9.17) is 0 Å². The van der Waals surface area contributed by atoms with E-state index in [9.17, 15) is 5.11 Å². The van der Waals surface area contributed by atoms with Crippen LogP contribution in [0.15, 0.2) is 17.5 Å². The molecule has 13 heavy (non-hydrogen) atoms. The Bertz CT molecular complexity index is 216. The molecule has 0 spiro atoms. The highest BCUT2D eigenvalue weighted by atomic mass is 32.1. The van der Waals surface area contributed by atoms with Gasteiger partial charge in [0.15, 0.2) is 0 Å². The number of aryl methyl sites for hydroxylation is 1. The van der Waals surface area contributed by atoms with Crippen LogP contribution in [0.4, 0.5) is 0 Å². The van der Waals surface area contributed by atoms with Crippen molar-refractivity contribution < 1.29 is 5.11 Å². The fourth-order valence-electron chi connectivity index (χ4n) is 1.54. The summed E-state index contributed by atoms with van der Waals surface area (Å²) in [4.78, 5) is 1.46. The number of aliphatic hydroxyl groups excluding tert-OH is 1. The molecule has 2 heteroatoms. The van der Waals surface area contributed by atoms with E-state index in [1.54, 1.807) is 0 Å². The molecule has 1 heterocycles. The molecule has 0 bridgehead atoms. The van der Waals surface area contributed by atoms with E-state index in [1.807, 2.05) is 18.3 Å². The highest BCUT2D eigenvalue weighted by molar-refractivity contribution is 7.09. The van der Waals surface area contributed by atoms with E-state index in [-0.39, 0.29) is 6.10 Å². The van der Waals surface area contributed by atoms with Gasteiger partial charge in [0, 0.05) is 4.88 Å². The SMILES string of the molecule is CC(O)CC(C)CCc1cccs1. The molecule has 0 saturated carbocycles. The molecular formula is C11H18OS. The van der Waals surface area contributed by atoms with Crippen LogP contribution in [0.25, 0.3) is 0 Å². The van der Waals surface area contributed by atoms with Crippen LogP contribution in [0.5, 0.6) is 0 Å². The molecule has 1 rings (SSSR count). The summed E-state index contributed by atoms with van der Waals surface area (Å²) in [6, 6.07) is 4.28. The third kappa shape index (κ3) is 4.44. The minimum Gasteiger partial charge on any atom is -0.393 e. The molecular weight excluding hydrogens is 180 g/mol.